The zero-order valence-electron chi connectivity index (χ0n) is 80.5. The monoisotopic (exact) mass is 1870 g/mol. The van der Waals surface area contributed by atoms with Crippen LogP contribution in [0.5, 0.6) is 0 Å². The number of allylic oxidation sites excluding steroid dienone is 4. The fraction of sp³-hybridized carbons (Fsp3) is 0.0417. The molecule has 0 aliphatic heterocycles. The summed E-state index contributed by atoms with van der Waals surface area (Å²) >= 11 is 0. The van der Waals surface area contributed by atoms with E-state index in [-0.39, 0.29) is 0 Å². The minimum Gasteiger partial charge on any atom is -0.309 e. The normalized spacial score (nSPS) is 14.9. The molecule has 0 radical (unpaired) electrons. The van der Waals surface area contributed by atoms with Gasteiger partial charge < -0.3 is 9.13 Å². The summed E-state index contributed by atoms with van der Waals surface area (Å²) in [5.74, 6) is 0. The van der Waals surface area contributed by atoms with Gasteiger partial charge in [-0.1, -0.05) is 388 Å². The molecule has 0 saturated carbocycles. The van der Waals surface area contributed by atoms with Gasteiger partial charge in [0.1, 0.15) is 0 Å². The van der Waals surface area contributed by atoms with E-state index in [1.165, 1.54) is 233 Å². The van der Waals surface area contributed by atoms with Crippen LogP contribution in [0.25, 0.3) is 217 Å². The summed E-state index contributed by atoms with van der Waals surface area (Å²) in [6.45, 7) is 0. The van der Waals surface area contributed by atoms with Crippen molar-refractivity contribution in [1.29, 1.82) is 0 Å². The van der Waals surface area contributed by atoms with Crippen LogP contribution in [0.15, 0.2) is 503 Å². The molecule has 0 atom stereocenters. The molecule has 682 valence electrons. The molecule has 34 rings (SSSR count). The summed E-state index contributed by atoms with van der Waals surface area (Å²) in [4.78, 5) is 11.3. The summed E-state index contributed by atoms with van der Waals surface area (Å²) in [7, 11) is 0. The minimum atomic E-state index is -0.484. The van der Waals surface area contributed by atoms with E-state index >= 15 is 0 Å². The highest BCUT2D eigenvalue weighted by Crippen LogP contribution is 2.70. The molecule has 0 unspecified atom stereocenters. The predicted octanol–water partition coefficient (Wildman–Crippen LogP) is 35.3. The van der Waals surface area contributed by atoms with Crippen molar-refractivity contribution in [3.8, 4) is 156 Å². The SMILES string of the molecule is C1=CC2=C(CC1)C1(c3cc(-c4ccc5c(c4)c4cc(-c6ccc7c(c6)C6(c8ccccc8-c8ccccc86)c6ccccc6-7)ccc4n5-c4ccc(-c5nc6ccccc6nc5-c5ccc(-n6c7ccc(-c8ccc9c(c8)C8(c%10ccccc%10-c%10ccccc%108)c8ccccc8-9)cc7c7cc(-c8ccc9c(c8)C8(c%10ccccc%10-c%10ccccc%108)c8ccccc8-9)ccc76)cc5)cc4)ccc32)c2ccccc2-c2ccccc21. The lowest BCUT2D eigenvalue weighted by molar-refractivity contribution is 0.714. The maximum absolute atomic E-state index is 5.64. The van der Waals surface area contributed by atoms with Crippen LogP contribution >= 0.6 is 0 Å². The Morgan fingerprint density at radius 2 is 0.385 bits per heavy atom. The lowest BCUT2D eigenvalue weighted by Gasteiger charge is -2.33. The van der Waals surface area contributed by atoms with Crippen molar-refractivity contribution in [2.45, 2.75) is 34.5 Å². The van der Waals surface area contributed by atoms with Gasteiger partial charge >= 0.3 is 0 Å². The zero-order chi connectivity index (χ0) is 96.3. The third-order valence-electron chi connectivity index (χ3n) is 35.5. The molecule has 3 heterocycles. The second-order valence-corrected chi connectivity index (χ2v) is 42.0. The Morgan fingerprint density at radius 1 is 0.176 bits per heavy atom. The van der Waals surface area contributed by atoms with E-state index in [0.717, 1.165) is 91.0 Å². The van der Waals surface area contributed by atoms with Crippen molar-refractivity contribution in [2.24, 2.45) is 0 Å². The number of para-hydroxylation sites is 2. The van der Waals surface area contributed by atoms with Gasteiger partial charge in [-0.25, -0.2) is 9.97 Å². The van der Waals surface area contributed by atoms with Crippen molar-refractivity contribution in [1.82, 2.24) is 19.1 Å². The molecule has 0 saturated heterocycles. The topological polar surface area (TPSA) is 35.6 Å². The van der Waals surface area contributed by atoms with E-state index in [2.05, 4.69) is 507 Å². The molecule has 3 aromatic heterocycles. The summed E-state index contributed by atoms with van der Waals surface area (Å²) in [5.41, 5.74) is 62.0. The first-order chi connectivity index (χ1) is 73.4. The van der Waals surface area contributed by atoms with Gasteiger partial charge in [0.15, 0.2) is 0 Å². The second-order valence-electron chi connectivity index (χ2n) is 42.0. The Hall–Kier alpha value is -18.7. The highest BCUT2D eigenvalue weighted by molar-refractivity contribution is 6.15. The molecule has 4 heteroatoms. The van der Waals surface area contributed by atoms with Crippen LogP contribution in [0.1, 0.15) is 102 Å². The van der Waals surface area contributed by atoms with Gasteiger partial charge in [0.05, 0.1) is 66.1 Å². The van der Waals surface area contributed by atoms with Crippen molar-refractivity contribution in [3.63, 3.8) is 0 Å². The van der Waals surface area contributed by atoms with Gasteiger partial charge in [-0.3, -0.25) is 0 Å². The molecular formula is C144H86N4. The van der Waals surface area contributed by atoms with Crippen LogP contribution in [0.2, 0.25) is 0 Å². The molecule has 0 N–H and O–H groups in total. The van der Waals surface area contributed by atoms with Crippen LogP contribution in [0.4, 0.5) is 0 Å². The van der Waals surface area contributed by atoms with E-state index in [4.69, 9.17) is 9.97 Å². The molecule has 9 aliphatic rings. The lowest BCUT2D eigenvalue weighted by Crippen LogP contribution is -2.27. The fourth-order valence-electron chi connectivity index (χ4n) is 29.7. The molecule has 9 aliphatic carbocycles. The van der Waals surface area contributed by atoms with Gasteiger partial charge in [-0.05, 0) is 345 Å². The maximum Gasteiger partial charge on any atom is 0.0973 e. The van der Waals surface area contributed by atoms with E-state index < -0.39 is 21.7 Å². The van der Waals surface area contributed by atoms with Crippen molar-refractivity contribution >= 4 is 60.2 Å². The van der Waals surface area contributed by atoms with Gasteiger partial charge in [0.25, 0.3) is 0 Å². The van der Waals surface area contributed by atoms with Crippen molar-refractivity contribution in [3.05, 3.63) is 592 Å². The number of hydrogen-bond acceptors (Lipinski definition) is 2. The first-order valence-corrected chi connectivity index (χ1v) is 52.1. The van der Waals surface area contributed by atoms with Crippen molar-refractivity contribution < 1.29 is 0 Å². The average Bonchev–Trinajstić information content (AvgIpc) is 1.52. The summed E-state index contributed by atoms with van der Waals surface area (Å²) < 4.78 is 4.98. The number of fused-ring (bicyclic) bond motifs is 46. The summed E-state index contributed by atoms with van der Waals surface area (Å²) in [6, 6.07) is 185. The third kappa shape index (κ3) is 10.3. The van der Waals surface area contributed by atoms with E-state index in [1.807, 2.05) is 0 Å². The lowest BCUT2D eigenvalue weighted by atomic mass is 9.68. The van der Waals surface area contributed by atoms with Crippen LogP contribution < -0.4 is 0 Å². The highest BCUT2D eigenvalue weighted by Gasteiger charge is 2.57. The molecule has 0 amide bonds. The first kappa shape index (κ1) is 80.8. The Bertz CT molecular complexity index is 9910. The molecule has 0 fully saturated rings. The van der Waals surface area contributed by atoms with Gasteiger partial charge in [-0.15, -0.1) is 0 Å². The van der Waals surface area contributed by atoms with E-state index in [1.54, 1.807) is 0 Å². The molecule has 148 heavy (non-hydrogen) atoms. The molecule has 0 bridgehead atoms. The summed E-state index contributed by atoms with van der Waals surface area (Å²) in [6.07, 6.45) is 6.84. The number of hydrogen-bond donors (Lipinski definition) is 0. The third-order valence-corrected chi connectivity index (χ3v) is 35.5. The first-order valence-electron chi connectivity index (χ1n) is 52.1. The molecule has 25 aromatic rings. The summed E-state index contributed by atoms with van der Waals surface area (Å²) in [5, 5.41) is 4.72. The molecule has 22 aromatic carbocycles. The smallest absolute Gasteiger partial charge is 0.0973 e. The Kier molecular flexibility index (Phi) is 16.1. The second kappa shape index (κ2) is 29.5. The van der Waals surface area contributed by atoms with Gasteiger partial charge in [-0.2, -0.15) is 0 Å². The maximum atomic E-state index is 5.64. The Morgan fingerprint density at radius 3 is 0.655 bits per heavy atom. The molecule has 4 spiro atoms. The molecule has 4 nitrogen and oxygen atoms in total. The minimum absolute atomic E-state index is 0.398. The predicted molar refractivity (Wildman–Crippen MR) is 607 cm³/mol. The zero-order valence-corrected chi connectivity index (χ0v) is 80.5. The van der Waals surface area contributed by atoms with E-state index in [0.29, 0.717) is 0 Å². The van der Waals surface area contributed by atoms with Crippen LogP contribution in [0, 0.1) is 0 Å². The largest absolute Gasteiger partial charge is 0.309 e. The number of nitrogens with zero attached hydrogens (tertiary/aromatic N) is 4. The van der Waals surface area contributed by atoms with Crippen molar-refractivity contribution in [2.75, 3.05) is 0 Å². The average molecular weight is 1870 g/mol. The number of rotatable bonds is 8. The Labute approximate surface area is 855 Å². The van der Waals surface area contributed by atoms with E-state index in [9.17, 15) is 0 Å². The number of benzene rings is 22. The molecular weight excluding hydrogens is 1790 g/mol. The standard InChI is InChI=1S/C144H86N4/c1-13-39-117-97(27-1)98-28-2-14-40-118(98)141(117)125-47-21-9-35-105(125)109-69-57-91(81-129(109)141)87-61-73-135-113(77-87)114-78-88(92-58-70-110-106-36-10-22-48-126(106)142(130(110)82-92)119-41-15-3-29-99(119)100-30-4-16-42-120(100)142)62-74-136(114)147(135)95-65-53-85(54-66-95)139-140(146-134-52-26-25-51-133(134)145-139)86-55-67-96(68-56-86)148-137-75-63-89(93-59-71-111-107-37-11-23-49-127(107)143(131(111)83-93)121-43-17-5-31-101(121)102-32-6-18-44-122(102)143)79-115(137)116-80-90(64-76-138(116)148)94-60-72-112-108-38-12-24-50-128(108)144(132(112)84-94)123-45-19-7-33-103(123)104-34-8-20-46-124(104)144/h1-23,25-49,51-84H,24,50H2. The van der Waals surface area contributed by atoms with Crippen LogP contribution in [0.3, 0.4) is 0 Å². The highest BCUT2D eigenvalue weighted by atomic mass is 15.0. The van der Waals surface area contributed by atoms with Crippen LogP contribution in [-0.4, -0.2) is 19.1 Å². The number of aromatic nitrogens is 4. The quantitative estimate of drug-likeness (QED) is 0.152. The van der Waals surface area contributed by atoms with Gasteiger partial charge in [0, 0.05) is 44.0 Å². The van der Waals surface area contributed by atoms with Crippen LogP contribution in [-0.2, 0) is 21.7 Å². The fourth-order valence-corrected chi connectivity index (χ4v) is 29.7. The Balaban J connectivity index is 0.518. The van der Waals surface area contributed by atoms with Gasteiger partial charge in [0.2, 0.25) is 0 Å².